The normalized spacial score (nSPS) is 39.2. The summed E-state index contributed by atoms with van der Waals surface area (Å²) in [5.74, 6) is -2.54. The summed E-state index contributed by atoms with van der Waals surface area (Å²) in [5.41, 5.74) is -0.913. The molecule has 2 aliphatic rings. The van der Waals surface area contributed by atoms with Gasteiger partial charge in [-0.2, -0.15) is 0 Å². The number of halogens is 2. The van der Waals surface area contributed by atoms with Crippen molar-refractivity contribution in [3.8, 4) is 0 Å². The molecule has 0 aromatic carbocycles. The minimum atomic E-state index is -2.54. The van der Waals surface area contributed by atoms with Crippen LogP contribution in [0.3, 0.4) is 0 Å². The second-order valence-corrected chi connectivity index (χ2v) is 4.07. The first-order valence-electron chi connectivity index (χ1n) is 4.83. The lowest BCUT2D eigenvalue weighted by Gasteiger charge is -2.46. The number of hydrogen-bond acceptors (Lipinski definition) is 2. The van der Waals surface area contributed by atoms with E-state index in [0.717, 1.165) is 6.42 Å². The molecule has 13 heavy (non-hydrogen) atoms. The van der Waals surface area contributed by atoms with Crippen LogP contribution in [0.15, 0.2) is 0 Å². The molecule has 0 aliphatic carbocycles. The minimum absolute atomic E-state index is 0.0453. The van der Waals surface area contributed by atoms with Gasteiger partial charge in [-0.3, -0.25) is 0 Å². The molecule has 1 N–H and O–H groups in total. The Hall–Kier alpha value is -0.220. The molecular formula is C9H15F2NO. The Morgan fingerprint density at radius 3 is 2.69 bits per heavy atom. The molecule has 2 rings (SSSR count). The molecule has 2 aliphatic heterocycles. The third-order valence-electron chi connectivity index (χ3n) is 3.18. The van der Waals surface area contributed by atoms with E-state index in [2.05, 4.69) is 5.32 Å². The average Bonchev–Trinajstić information content (AvgIpc) is 2.12. The smallest absolute Gasteiger partial charge is 0.258 e. The average molecular weight is 191 g/mol. The summed E-state index contributed by atoms with van der Waals surface area (Å²) < 4.78 is 32.4. The summed E-state index contributed by atoms with van der Waals surface area (Å²) in [7, 11) is 0. The third kappa shape index (κ3) is 1.46. The number of rotatable bonds is 0. The zero-order chi connectivity index (χ0) is 9.36. The van der Waals surface area contributed by atoms with Crippen LogP contribution >= 0.6 is 0 Å². The van der Waals surface area contributed by atoms with Gasteiger partial charge in [-0.1, -0.05) is 0 Å². The van der Waals surface area contributed by atoms with Gasteiger partial charge in [-0.25, -0.2) is 8.78 Å². The maximum atomic E-state index is 13.6. The number of piperidine rings is 1. The van der Waals surface area contributed by atoms with Gasteiger partial charge in [0.2, 0.25) is 0 Å². The third-order valence-corrected chi connectivity index (χ3v) is 3.18. The molecule has 0 aromatic heterocycles. The van der Waals surface area contributed by atoms with Crippen LogP contribution in [-0.2, 0) is 4.74 Å². The van der Waals surface area contributed by atoms with Crippen LogP contribution in [-0.4, -0.2) is 32.2 Å². The Labute approximate surface area is 76.6 Å². The fourth-order valence-electron chi connectivity index (χ4n) is 2.25. The predicted molar refractivity (Wildman–Crippen MR) is 44.9 cm³/mol. The monoisotopic (exact) mass is 191 g/mol. The summed E-state index contributed by atoms with van der Waals surface area (Å²) in [6.45, 7) is 1.68. The largest absolute Gasteiger partial charge is 0.381 e. The molecule has 0 radical (unpaired) electrons. The van der Waals surface area contributed by atoms with Gasteiger partial charge in [0, 0.05) is 26.1 Å². The molecule has 4 heteroatoms. The predicted octanol–water partition coefficient (Wildman–Crippen LogP) is 1.41. The van der Waals surface area contributed by atoms with Crippen molar-refractivity contribution in [2.45, 2.75) is 25.2 Å². The molecule has 2 nitrogen and oxygen atoms in total. The Bertz CT molecular complexity index is 182. The highest BCUT2D eigenvalue weighted by Gasteiger charge is 2.55. The van der Waals surface area contributed by atoms with E-state index >= 15 is 0 Å². The van der Waals surface area contributed by atoms with E-state index in [0.29, 0.717) is 26.1 Å². The maximum Gasteiger partial charge on any atom is 0.258 e. The number of hydrogen-bond donors (Lipinski definition) is 1. The molecule has 1 unspecified atom stereocenters. The Kier molecular flexibility index (Phi) is 2.28. The van der Waals surface area contributed by atoms with Crippen molar-refractivity contribution < 1.29 is 13.5 Å². The van der Waals surface area contributed by atoms with Crippen molar-refractivity contribution in [1.82, 2.24) is 5.32 Å². The van der Waals surface area contributed by atoms with Crippen molar-refractivity contribution in [2.24, 2.45) is 5.41 Å². The van der Waals surface area contributed by atoms with Gasteiger partial charge >= 0.3 is 0 Å². The van der Waals surface area contributed by atoms with Crippen molar-refractivity contribution in [3.05, 3.63) is 0 Å². The summed E-state index contributed by atoms with van der Waals surface area (Å²) in [6.07, 6.45) is 1.31. The lowest BCUT2D eigenvalue weighted by molar-refractivity contribution is -0.188. The van der Waals surface area contributed by atoms with Gasteiger partial charge < -0.3 is 10.1 Å². The molecule has 76 valence electrons. The van der Waals surface area contributed by atoms with Crippen LogP contribution in [0.4, 0.5) is 8.78 Å². The molecule has 0 aromatic rings. The summed E-state index contributed by atoms with van der Waals surface area (Å²) in [5, 5.41) is 3.04. The fourth-order valence-corrected chi connectivity index (χ4v) is 2.25. The highest BCUT2D eigenvalue weighted by Crippen LogP contribution is 2.46. The molecular weight excluding hydrogens is 176 g/mol. The zero-order valence-electron chi connectivity index (χ0n) is 7.61. The SMILES string of the molecule is FC1(F)CCNCC12CCCOC2. The lowest BCUT2D eigenvalue weighted by Crippen LogP contribution is -2.57. The second kappa shape index (κ2) is 3.17. The van der Waals surface area contributed by atoms with Crippen molar-refractivity contribution in [3.63, 3.8) is 0 Å². The first kappa shape index (κ1) is 9.34. The topological polar surface area (TPSA) is 21.3 Å². The Morgan fingerprint density at radius 1 is 1.23 bits per heavy atom. The summed E-state index contributed by atoms with van der Waals surface area (Å²) in [4.78, 5) is 0. The minimum Gasteiger partial charge on any atom is -0.381 e. The van der Waals surface area contributed by atoms with Crippen LogP contribution in [0.5, 0.6) is 0 Å². The standard InChI is InChI=1S/C9H15F2NO/c10-9(11)3-4-12-6-8(9)2-1-5-13-7-8/h12H,1-7H2. The van der Waals surface area contributed by atoms with E-state index in [4.69, 9.17) is 4.74 Å². The maximum absolute atomic E-state index is 13.6. The van der Waals surface area contributed by atoms with Crippen molar-refractivity contribution in [2.75, 3.05) is 26.3 Å². The van der Waals surface area contributed by atoms with E-state index in [1.54, 1.807) is 0 Å². The Balaban J connectivity index is 2.16. The number of ether oxygens (including phenoxy) is 1. The molecule has 0 saturated carbocycles. The van der Waals surface area contributed by atoms with Gasteiger partial charge in [-0.05, 0) is 12.8 Å². The summed E-state index contributed by atoms with van der Waals surface area (Å²) >= 11 is 0. The van der Waals surface area contributed by atoms with Crippen LogP contribution in [0, 0.1) is 5.41 Å². The summed E-state index contributed by atoms with van der Waals surface area (Å²) in [6, 6.07) is 0. The van der Waals surface area contributed by atoms with Crippen LogP contribution < -0.4 is 5.32 Å². The number of nitrogens with one attached hydrogen (secondary N) is 1. The molecule has 2 heterocycles. The second-order valence-electron chi connectivity index (χ2n) is 4.07. The lowest BCUT2D eigenvalue weighted by atomic mass is 9.73. The Morgan fingerprint density at radius 2 is 2.08 bits per heavy atom. The van der Waals surface area contributed by atoms with Crippen LogP contribution in [0.1, 0.15) is 19.3 Å². The van der Waals surface area contributed by atoms with Gasteiger partial charge in [-0.15, -0.1) is 0 Å². The van der Waals surface area contributed by atoms with Gasteiger partial charge in [0.1, 0.15) is 0 Å². The van der Waals surface area contributed by atoms with E-state index in [1.807, 2.05) is 0 Å². The van der Waals surface area contributed by atoms with Gasteiger partial charge in [0.15, 0.2) is 0 Å². The molecule has 0 amide bonds. The molecule has 1 atom stereocenters. The first-order valence-corrected chi connectivity index (χ1v) is 4.83. The van der Waals surface area contributed by atoms with Gasteiger partial charge in [0.05, 0.1) is 12.0 Å². The van der Waals surface area contributed by atoms with Gasteiger partial charge in [0.25, 0.3) is 5.92 Å². The highest BCUT2D eigenvalue weighted by molar-refractivity contribution is 4.99. The van der Waals surface area contributed by atoms with E-state index in [9.17, 15) is 8.78 Å². The molecule has 1 spiro atoms. The quantitative estimate of drug-likeness (QED) is 0.625. The molecule has 0 bridgehead atoms. The molecule has 2 saturated heterocycles. The fraction of sp³-hybridized carbons (Fsp3) is 1.00. The van der Waals surface area contributed by atoms with Crippen molar-refractivity contribution >= 4 is 0 Å². The zero-order valence-corrected chi connectivity index (χ0v) is 7.61. The van der Waals surface area contributed by atoms with Crippen molar-refractivity contribution in [1.29, 1.82) is 0 Å². The highest BCUT2D eigenvalue weighted by atomic mass is 19.3. The molecule has 2 fully saturated rings. The van der Waals surface area contributed by atoms with Crippen LogP contribution in [0.25, 0.3) is 0 Å². The van der Waals surface area contributed by atoms with E-state index in [-0.39, 0.29) is 13.0 Å². The number of alkyl halides is 2. The van der Waals surface area contributed by atoms with E-state index < -0.39 is 11.3 Å². The van der Waals surface area contributed by atoms with E-state index in [1.165, 1.54) is 0 Å². The van der Waals surface area contributed by atoms with Crippen LogP contribution in [0.2, 0.25) is 0 Å². The first-order chi connectivity index (χ1) is 6.16.